The van der Waals surface area contributed by atoms with Gasteiger partial charge in [0.1, 0.15) is 5.75 Å². The third-order valence-electron chi connectivity index (χ3n) is 8.09. The number of piperidine rings is 1. The van der Waals surface area contributed by atoms with Crippen molar-refractivity contribution in [1.82, 2.24) is 24.8 Å². The van der Waals surface area contributed by atoms with Crippen molar-refractivity contribution in [2.75, 3.05) is 20.2 Å². The normalized spacial score (nSPS) is 15.4. The van der Waals surface area contributed by atoms with Crippen molar-refractivity contribution >= 4 is 16.8 Å². The Balaban J connectivity index is 1.35. The van der Waals surface area contributed by atoms with E-state index in [1.54, 1.807) is 13.0 Å². The number of hydrogen-bond acceptors (Lipinski definition) is 5. The number of methoxy groups -OCH3 is 1. The summed E-state index contributed by atoms with van der Waals surface area (Å²) in [4.78, 5) is 35.9. The molecule has 1 aliphatic rings. The number of pyridine rings is 2. The highest BCUT2D eigenvalue weighted by atomic mass is 16.5. The van der Waals surface area contributed by atoms with E-state index in [1.165, 1.54) is 7.11 Å². The molecule has 8 nitrogen and oxygen atoms in total. The van der Waals surface area contributed by atoms with Gasteiger partial charge >= 0.3 is 0 Å². The molecule has 1 amide bonds. The number of likely N-dealkylation sites (tertiary alicyclic amines) is 1. The summed E-state index contributed by atoms with van der Waals surface area (Å²) in [6.07, 6.45) is 4.04. The zero-order valence-electron chi connectivity index (χ0n) is 23.2. The van der Waals surface area contributed by atoms with Crippen LogP contribution in [0, 0.1) is 19.8 Å². The van der Waals surface area contributed by atoms with E-state index in [0.717, 1.165) is 54.8 Å². The van der Waals surface area contributed by atoms with E-state index in [2.05, 4.69) is 43.8 Å². The minimum atomic E-state index is -0.255. The zero-order valence-corrected chi connectivity index (χ0v) is 23.2. The molecule has 4 heterocycles. The Morgan fingerprint density at radius 3 is 2.62 bits per heavy atom. The molecule has 204 valence electrons. The van der Waals surface area contributed by atoms with Gasteiger partial charge in [0.15, 0.2) is 0 Å². The van der Waals surface area contributed by atoms with Crippen LogP contribution in [0.4, 0.5) is 0 Å². The van der Waals surface area contributed by atoms with Crippen LogP contribution in [0.5, 0.6) is 5.75 Å². The molecule has 39 heavy (non-hydrogen) atoms. The molecule has 5 rings (SSSR count). The standard InChI is InChI=1S/C31H37N5O3/c1-20-17-28(39-4)26(30(37)34-20)18-33-31(38)29-22(3)36(27-11-6-5-10-25(27)29)21(2)23-12-15-35(16-13-23)19-24-9-7-8-14-32-24/h5-11,14,17,21,23H,12-13,15-16,18-19H2,1-4H3,(H,33,38)(H,34,37)/t21-/m1/s1. The van der Waals surface area contributed by atoms with E-state index in [9.17, 15) is 9.59 Å². The maximum Gasteiger partial charge on any atom is 0.256 e. The van der Waals surface area contributed by atoms with Gasteiger partial charge in [-0.1, -0.05) is 24.3 Å². The first kappa shape index (κ1) is 26.7. The highest BCUT2D eigenvalue weighted by Crippen LogP contribution is 2.36. The van der Waals surface area contributed by atoms with Gasteiger partial charge in [-0.15, -0.1) is 0 Å². The van der Waals surface area contributed by atoms with Gasteiger partial charge in [0.25, 0.3) is 11.5 Å². The fourth-order valence-corrected chi connectivity index (χ4v) is 6.02. The summed E-state index contributed by atoms with van der Waals surface area (Å²) in [7, 11) is 1.53. The van der Waals surface area contributed by atoms with Crippen LogP contribution in [0.2, 0.25) is 0 Å². The SMILES string of the molecule is COc1cc(C)[nH]c(=O)c1CNC(=O)c1c(C)n([C@H](C)C2CCN(Cc3ccccn3)CC2)c2ccccc12. The Kier molecular flexibility index (Phi) is 7.84. The smallest absolute Gasteiger partial charge is 0.256 e. The molecule has 1 atom stereocenters. The van der Waals surface area contributed by atoms with Crippen LogP contribution >= 0.6 is 0 Å². The first-order chi connectivity index (χ1) is 18.9. The molecule has 1 aromatic carbocycles. The Morgan fingerprint density at radius 1 is 1.15 bits per heavy atom. The van der Waals surface area contributed by atoms with Crippen LogP contribution in [-0.4, -0.2) is 45.5 Å². The van der Waals surface area contributed by atoms with Crippen LogP contribution in [0.15, 0.2) is 59.5 Å². The minimum Gasteiger partial charge on any atom is -0.496 e. The number of aromatic amines is 1. The lowest BCUT2D eigenvalue weighted by molar-refractivity contribution is 0.0951. The Labute approximate surface area is 229 Å². The average molecular weight is 528 g/mol. The number of aryl methyl sites for hydroxylation is 1. The van der Waals surface area contributed by atoms with E-state index in [1.807, 2.05) is 43.5 Å². The Hall–Kier alpha value is -3.91. The molecule has 1 fully saturated rings. The molecule has 2 N–H and O–H groups in total. The number of ether oxygens (including phenoxy) is 1. The van der Waals surface area contributed by atoms with Gasteiger partial charge in [0, 0.05) is 41.1 Å². The molecule has 0 saturated carbocycles. The topological polar surface area (TPSA) is 92.2 Å². The molecule has 1 aliphatic heterocycles. The average Bonchev–Trinajstić information content (AvgIpc) is 3.24. The predicted molar refractivity (Wildman–Crippen MR) is 153 cm³/mol. The van der Waals surface area contributed by atoms with E-state index < -0.39 is 0 Å². The van der Waals surface area contributed by atoms with Crippen molar-refractivity contribution in [3.63, 3.8) is 0 Å². The van der Waals surface area contributed by atoms with E-state index >= 15 is 0 Å². The third-order valence-corrected chi connectivity index (χ3v) is 8.09. The Morgan fingerprint density at radius 2 is 1.90 bits per heavy atom. The second-order valence-electron chi connectivity index (χ2n) is 10.5. The predicted octanol–water partition coefficient (Wildman–Crippen LogP) is 4.75. The van der Waals surface area contributed by atoms with Crippen LogP contribution in [0.1, 0.15) is 58.8 Å². The van der Waals surface area contributed by atoms with Crippen molar-refractivity contribution in [2.24, 2.45) is 5.92 Å². The molecule has 8 heteroatoms. The number of benzene rings is 1. The summed E-state index contributed by atoms with van der Waals surface area (Å²) in [6, 6.07) is 16.2. The number of hydrogen-bond donors (Lipinski definition) is 2. The number of rotatable bonds is 8. The number of carbonyl (C=O) groups excluding carboxylic acids is 1. The summed E-state index contributed by atoms with van der Waals surface area (Å²) in [5.74, 6) is 0.784. The molecule has 1 saturated heterocycles. The van der Waals surface area contributed by atoms with Gasteiger partial charge < -0.3 is 19.6 Å². The van der Waals surface area contributed by atoms with E-state index in [-0.39, 0.29) is 24.1 Å². The fraction of sp³-hybridized carbons (Fsp3) is 0.387. The van der Waals surface area contributed by atoms with Crippen molar-refractivity contribution in [3.05, 3.63) is 93.3 Å². The molecule has 0 spiro atoms. The number of aromatic nitrogens is 3. The molecular formula is C31H37N5O3. The van der Waals surface area contributed by atoms with Gasteiger partial charge in [-0.2, -0.15) is 0 Å². The van der Waals surface area contributed by atoms with E-state index in [4.69, 9.17) is 4.74 Å². The quantitative estimate of drug-likeness (QED) is 0.345. The number of carbonyl (C=O) groups is 1. The lowest BCUT2D eigenvalue weighted by Crippen LogP contribution is -2.36. The number of nitrogens with one attached hydrogen (secondary N) is 2. The molecule has 3 aromatic heterocycles. The number of H-pyrrole nitrogens is 1. The largest absolute Gasteiger partial charge is 0.496 e. The summed E-state index contributed by atoms with van der Waals surface area (Å²) >= 11 is 0. The molecule has 0 bridgehead atoms. The number of fused-ring (bicyclic) bond motifs is 1. The molecule has 4 aromatic rings. The highest BCUT2D eigenvalue weighted by molar-refractivity contribution is 6.08. The first-order valence-corrected chi connectivity index (χ1v) is 13.6. The zero-order chi connectivity index (χ0) is 27.5. The van der Waals surface area contributed by atoms with Crippen molar-refractivity contribution in [1.29, 1.82) is 0 Å². The van der Waals surface area contributed by atoms with Gasteiger partial charge in [-0.25, -0.2) is 0 Å². The maximum atomic E-state index is 13.6. The van der Waals surface area contributed by atoms with E-state index in [0.29, 0.717) is 28.5 Å². The summed E-state index contributed by atoms with van der Waals surface area (Å²) in [5.41, 5.74) is 4.64. The number of amides is 1. The fourth-order valence-electron chi connectivity index (χ4n) is 6.02. The molecule has 0 aliphatic carbocycles. The lowest BCUT2D eigenvalue weighted by Gasteiger charge is -2.36. The minimum absolute atomic E-state index is 0.0842. The van der Waals surface area contributed by atoms with Crippen molar-refractivity contribution in [2.45, 2.75) is 52.7 Å². The van der Waals surface area contributed by atoms with Crippen LogP contribution in [0.25, 0.3) is 10.9 Å². The number of para-hydroxylation sites is 1. The van der Waals surface area contributed by atoms with Gasteiger partial charge in [0.05, 0.1) is 30.5 Å². The van der Waals surface area contributed by atoms with Crippen LogP contribution in [-0.2, 0) is 13.1 Å². The first-order valence-electron chi connectivity index (χ1n) is 13.6. The Bertz CT molecular complexity index is 1520. The third kappa shape index (κ3) is 5.47. The van der Waals surface area contributed by atoms with Crippen molar-refractivity contribution < 1.29 is 9.53 Å². The second-order valence-corrected chi connectivity index (χ2v) is 10.5. The van der Waals surface area contributed by atoms with Gasteiger partial charge in [0.2, 0.25) is 0 Å². The van der Waals surface area contributed by atoms with Crippen molar-refractivity contribution in [3.8, 4) is 5.75 Å². The van der Waals surface area contributed by atoms with Gasteiger partial charge in [-0.05, 0) is 76.9 Å². The summed E-state index contributed by atoms with van der Waals surface area (Å²) in [5, 5.41) is 3.91. The summed E-state index contributed by atoms with van der Waals surface area (Å²) < 4.78 is 7.74. The number of nitrogens with zero attached hydrogens (tertiary/aromatic N) is 3. The van der Waals surface area contributed by atoms with Crippen LogP contribution in [0.3, 0.4) is 0 Å². The van der Waals surface area contributed by atoms with Gasteiger partial charge in [-0.3, -0.25) is 19.5 Å². The highest BCUT2D eigenvalue weighted by Gasteiger charge is 2.29. The molecule has 0 unspecified atom stereocenters. The monoisotopic (exact) mass is 527 g/mol. The molecular weight excluding hydrogens is 490 g/mol. The second kappa shape index (κ2) is 11.5. The maximum absolute atomic E-state index is 13.6. The summed E-state index contributed by atoms with van der Waals surface area (Å²) in [6.45, 7) is 9.13. The lowest BCUT2D eigenvalue weighted by atomic mass is 9.89. The van der Waals surface area contributed by atoms with Crippen LogP contribution < -0.4 is 15.6 Å². The molecule has 0 radical (unpaired) electrons.